The van der Waals surface area contributed by atoms with Crippen LogP contribution in [0, 0.1) is 0 Å². The smallest absolute Gasteiger partial charge is 0.345 e. The average molecular weight is 224 g/mol. The van der Waals surface area contributed by atoms with Crippen molar-refractivity contribution in [2.45, 2.75) is 6.04 Å². The SMILES string of the molecule is CN1C(=O)N=C(N)C1c1ccc(Cl)cc1. The standard InChI is InChI=1S/C10H10ClN3O/c1-14-8(9(12)13-10(14)15)6-2-4-7(11)5-3-6/h2-5,8H,1H3,(H2,12,13,15). The lowest BCUT2D eigenvalue weighted by molar-refractivity contribution is 0.218. The van der Waals surface area contributed by atoms with E-state index >= 15 is 0 Å². The highest BCUT2D eigenvalue weighted by Gasteiger charge is 2.31. The molecule has 0 bridgehead atoms. The summed E-state index contributed by atoms with van der Waals surface area (Å²) in [4.78, 5) is 16.5. The van der Waals surface area contributed by atoms with Gasteiger partial charge in [-0.2, -0.15) is 4.99 Å². The number of carbonyl (C=O) groups excluding carboxylic acids is 1. The predicted molar refractivity (Wildman–Crippen MR) is 59.0 cm³/mol. The Morgan fingerprint density at radius 1 is 1.40 bits per heavy atom. The van der Waals surface area contributed by atoms with Gasteiger partial charge in [0.2, 0.25) is 0 Å². The maximum Gasteiger partial charge on any atom is 0.345 e. The number of hydrogen-bond donors (Lipinski definition) is 1. The largest absolute Gasteiger partial charge is 0.385 e. The minimum Gasteiger partial charge on any atom is -0.385 e. The van der Waals surface area contributed by atoms with E-state index in [1.807, 2.05) is 12.1 Å². The van der Waals surface area contributed by atoms with E-state index in [1.54, 1.807) is 19.2 Å². The van der Waals surface area contributed by atoms with Gasteiger partial charge in [-0.3, -0.25) is 0 Å². The zero-order valence-corrected chi connectivity index (χ0v) is 8.90. The molecule has 1 aromatic carbocycles. The van der Waals surface area contributed by atoms with Crippen LogP contribution in [0.3, 0.4) is 0 Å². The van der Waals surface area contributed by atoms with Gasteiger partial charge in [-0.25, -0.2) is 4.79 Å². The molecule has 15 heavy (non-hydrogen) atoms. The van der Waals surface area contributed by atoms with Crippen LogP contribution in [0.15, 0.2) is 29.3 Å². The van der Waals surface area contributed by atoms with Crippen LogP contribution < -0.4 is 5.73 Å². The number of amidine groups is 1. The first-order valence-electron chi connectivity index (χ1n) is 4.46. The van der Waals surface area contributed by atoms with E-state index < -0.39 is 0 Å². The first kappa shape index (κ1) is 9.98. The lowest BCUT2D eigenvalue weighted by Crippen LogP contribution is -2.29. The third-order valence-electron chi connectivity index (χ3n) is 2.38. The molecule has 2 N–H and O–H groups in total. The lowest BCUT2D eigenvalue weighted by atomic mass is 10.1. The normalized spacial score (nSPS) is 20.7. The van der Waals surface area contributed by atoms with Crippen LogP contribution in [0.25, 0.3) is 0 Å². The fraction of sp³-hybridized carbons (Fsp3) is 0.200. The summed E-state index contributed by atoms with van der Waals surface area (Å²) in [6.07, 6.45) is 0. The summed E-state index contributed by atoms with van der Waals surface area (Å²) in [5.74, 6) is 0.324. The molecule has 2 amide bonds. The van der Waals surface area contributed by atoms with Gasteiger partial charge in [0.05, 0.1) is 0 Å². The van der Waals surface area contributed by atoms with E-state index in [-0.39, 0.29) is 12.1 Å². The summed E-state index contributed by atoms with van der Waals surface area (Å²) in [6.45, 7) is 0. The molecule has 0 radical (unpaired) electrons. The van der Waals surface area contributed by atoms with E-state index in [1.165, 1.54) is 4.90 Å². The van der Waals surface area contributed by atoms with Crippen LogP contribution in [-0.2, 0) is 0 Å². The molecule has 1 unspecified atom stereocenters. The Kier molecular flexibility index (Phi) is 2.36. The number of nitrogens with zero attached hydrogens (tertiary/aromatic N) is 2. The van der Waals surface area contributed by atoms with Crippen molar-refractivity contribution in [2.24, 2.45) is 10.7 Å². The number of urea groups is 1. The fourth-order valence-corrected chi connectivity index (χ4v) is 1.72. The second-order valence-corrected chi connectivity index (χ2v) is 3.82. The molecule has 2 rings (SSSR count). The maximum atomic E-state index is 11.3. The van der Waals surface area contributed by atoms with E-state index in [4.69, 9.17) is 17.3 Å². The van der Waals surface area contributed by atoms with Crippen molar-refractivity contribution in [3.05, 3.63) is 34.9 Å². The number of hydrogen-bond acceptors (Lipinski definition) is 2. The van der Waals surface area contributed by atoms with Crippen LogP contribution in [0.5, 0.6) is 0 Å². The molecule has 0 saturated carbocycles. The number of likely N-dealkylation sites (N-methyl/N-ethyl adjacent to an activating group) is 1. The second-order valence-electron chi connectivity index (χ2n) is 3.38. The first-order chi connectivity index (χ1) is 7.09. The number of carbonyl (C=O) groups is 1. The first-order valence-corrected chi connectivity index (χ1v) is 4.83. The Balaban J connectivity index is 2.36. The van der Waals surface area contributed by atoms with Gasteiger partial charge in [0.25, 0.3) is 0 Å². The lowest BCUT2D eigenvalue weighted by Gasteiger charge is -2.19. The Bertz CT molecular complexity index is 427. The Hall–Kier alpha value is -1.55. The van der Waals surface area contributed by atoms with Gasteiger partial charge < -0.3 is 10.6 Å². The van der Waals surface area contributed by atoms with Gasteiger partial charge in [0, 0.05) is 12.1 Å². The molecule has 0 spiro atoms. The topological polar surface area (TPSA) is 58.7 Å². The van der Waals surface area contributed by atoms with Crippen molar-refractivity contribution in [1.29, 1.82) is 0 Å². The van der Waals surface area contributed by atoms with E-state index in [2.05, 4.69) is 4.99 Å². The van der Waals surface area contributed by atoms with E-state index in [9.17, 15) is 4.79 Å². The molecule has 1 heterocycles. The number of nitrogens with two attached hydrogens (primary N) is 1. The minimum atomic E-state index is -0.313. The number of aliphatic imine (C=N–C) groups is 1. The molecule has 0 saturated heterocycles. The molecule has 0 aliphatic carbocycles. The summed E-state index contributed by atoms with van der Waals surface area (Å²) < 4.78 is 0. The molecular weight excluding hydrogens is 214 g/mol. The number of benzene rings is 1. The Morgan fingerprint density at radius 2 is 2.00 bits per heavy atom. The van der Waals surface area contributed by atoms with Crippen LogP contribution in [0.4, 0.5) is 4.79 Å². The molecule has 78 valence electrons. The highest BCUT2D eigenvalue weighted by Crippen LogP contribution is 2.25. The summed E-state index contributed by atoms with van der Waals surface area (Å²) in [7, 11) is 1.67. The van der Waals surface area contributed by atoms with Gasteiger partial charge in [0.15, 0.2) is 0 Å². The van der Waals surface area contributed by atoms with Crippen LogP contribution in [-0.4, -0.2) is 23.8 Å². The number of halogens is 1. The second kappa shape index (κ2) is 3.55. The predicted octanol–water partition coefficient (Wildman–Crippen LogP) is 1.80. The maximum absolute atomic E-state index is 11.3. The molecule has 0 aromatic heterocycles. The quantitative estimate of drug-likeness (QED) is 0.789. The Labute approximate surface area is 92.3 Å². The molecular formula is C10H10ClN3O. The third-order valence-corrected chi connectivity index (χ3v) is 2.63. The summed E-state index contributed by atoms with van der Waals surface area (Å²) in [5.41, 5.74) is 6.60. The molecule has 1 aliphatic rings. The average Bonchev–Trinajstić information content (AvgIpc) is 2.44. The van der Waals surface area contributed by atoms with Crippen molar-refractivity contribution in [3.8, 4) is 0 Å². The van der Waals surface area contributed by atoms with Gasteiger partial charge in [-0.1, -0.05) is 23.7 Å². The summed E-state index contributed by atoms with van der Waals surface area (Å²) in [5, 5.41) is 0.654. The van der Waals surface area contributed by atoms with Crippen LogP contribution in [0.2, 0.25) is 5.02 Å². The van der Waals surface area contributed by atoms with Crippen molar-refractivity contribution < 1.29 is 4.79 Å². The zero-order chi connectivity index (χ0) is 11.0. The van der Waals surface area contributed by atoms with Crippen molar-refractivity contribution in [2.75, 3.05) is 7.05 Å². The highest BCUT2D eigenvalue weighted by molar-refractivity contribution is 6.30. The van der Waals surface area contributed by atoms with Gasteiger partial charge >= 0.3 is 6.03 Å². The fourth-order valence-electron chi connectivity index (χ4n) is 1.60. The number of amides is 2. The molecule has 4 nitrogen and oxygen atoms in total. The molecule has 1 atom stereocenters. The highest BCUT2D eigenvalue weighted by atomic mass is 35.5. The van der Waals surface area contributed by atoms with Gasteiger partial charge in [-0.15, -0.1) is 0 Å². The van der Waals surface area contributed by atoms with Gasteiger partial charge in [-0.05, 0) is 17.7 Å². The van der Waals surface area contributed by atoms with Crippen LogP contribution in [0.1, 0.15) is 11.6 Å². The summed E-state index contributed by atoms with van der Waals surface area (Å²) in [6, 6.07) is 6.62. The van der Waals surface area contributed by atoms with Crippen molar-refractivity contribution in [1.82, 2.24) is 4.90 Å². The molecule has 1 aliphatic heterocycles. The molecule has 0 fully saturated rings. The monoisotopic (exact) mass is 223 g/mol. The molecule has 1 aromatic rings. The molecule has 5 heteroatoms. The van der Waals surface area contributed by atoms with Crippen molar-refractivity contribution >= 4 is 23.5 Å². The van der Waals surface area contributed by atoms with E-state index in [0.717, 1.165) is 5.56 Å². The van der Waals surface area contributed by atoms with Crippen LogP contribution >= 0.6 is 11.6 Å². The van der Waals surface area contributed by atoms with Gasteiger partial charge in [0.1, 0.15) is 11.9 Å². The Morgan fingerprint density at radius 3 is 2.47 bits per heavy atom. The van der Waals surface area contributed by atoms with Crippen molar-refractivity contribution in [3.63, 3.8) is 0 Å². The number of rotatable bonds is 1. The minimum absolute atomic E-state index is 0.269. The third kappa shape index (κ3) is 1.68. The zero-order valence-electron chi connectivity index (χ0n) is 8.14. The summed E-state index contributed by atoms with van der Waals surface area (Å²) >= 11 is 5.78. The van der Waals surface area contributed by atoms with E-state index in [0.29, 0.717) is 10.9 Å².